The molecule has 5 rings (SSSR count). The number of nitrogens with zero attached hydrogens (tertiary/aromatic N) is 4. The summed E-state index contributed by atoms with van der Waals surface area (Å²) in [5.41, 5.74) is 3.59. The number of rotatable bonds is 4. The number of ether oxygens (including phenoxy) is 1. The molecule has 8 nitrogen and oxygen atoms in total. The van der Waals surface area contributed by atoms with Gasteiger partial charge < -0.3 is 14.2 Å². The van der Waals surface area contributed by atoms with Gasteiger partial charge in [0.15, 0.2) is 17.5 Å². The van der Waals surface area contributed by atoms with Gasteiger partial charge in [-0.3, -0.25) is 9.48 Å². The Hall–Kier alpha value is -4.20. The summed E-state index contributed by atoms with van der Waals surface area (Å²) in [5.74, 6) is -0.582. The van der Waals surface area contributed by atoms with Crippen molar-refractivity contribution >= 4 is 11.9 Å². The van der Waals surface area contributed by atoms with Gasteiger partial charge in [0.1, 0.15) is 0 Å². The zero-order valence-electron chi connectivity index (χ0n) is 18.2. The highest BCUT2D eigenvalue weighted by molar-refractivity contribution is 5.96. The van der Waals surface area contributed by atoms with Crippen LogP contribution in [0.15, 0.2) is 77.6 Å². The first-order valence-corrected chi connectivity index (χ1v) is 10.5. The van der Waals surface area contributed by atoms with Crippen molar-refractivity contribution in [2.75, 3.05) is 13.7 Å². The Labute approximate surface area is 190 Å². The van der Waals surface area contributed by atoms with Crippen LogP contribution in [0.3, 0.4) is 0 Å². The highest BCUT2D eigenvalue weighted by Crippen LogP contribution is 2.40. The Morgan fingerprint density at radius 1 is 1.06 bits per heavy atom. The first kappa shape index (κ1) is 20.7. The fourth-order valence-corrected chi connectivity index (χ4v) is 4.38. The Morgan fingerprint density at radius 3 is 2.48 bits per heavy atom. The first-order valence-electron chi connectivity index (χ1n) is 10.5. The lowest BCUT2D eigenvalue weighted by Gasteiger charge is -2.39. The third-order valence-electron chi connectivity index (χ3n) is 5.96. The van der Waals surface area contributed by atoms with Crippen molar-refractivity contribution < 1.29 is 18.8 Å². The molecule has 2 unspecified atom stereocenters. The van der Waals surface area contributed by atoms with E-state index in [9.17, 15) is 9.59 Å². The third kappa shape index (κ3) is 3.69. The number of benzene rings is 2. The van der Waals surface area contributed by atoms with Crippen LogP contribution < -0.4 is 0 Å². The summed E-state index contributed by atoms with van der Waals surface area (Å²) in [6, 6.07) is 17.8. The highest BCUT2D eigenvalue weighted by atomic mass is 16.5. The molecule has 2 aromatic heterocycles. The van der Waals surface area contributed by atoms with Gasteiger partial charge in [-0.1, -0.05) is 59.8 Å². The van der Waals surface area contributed by atoms with Gasteiger partial charge in [-0.25, -0.2) is 4.79 Å². The van der Waals surface area contributed by atoms with E-state index in [2.05, 4.69) is 10.3 Å². The number of amides is 1. The molecule has 0 bridgehead atoms. The maximum Gasteiger partial charge on any atom is 0.333 e. The highest BCUT2D eigenvalue weighted by Gasteiger charge is 2.42. The van der Waals surface area contributed by atoms with Crippen molar-refractivity contribution in [1.82, 2.24) is 19.8 Å². The second-order valence-electron chi connectivity index (χ2n) is 7.95. The molecule has 2 atom stereocenters. The van der Waals surface area contributed by atoms with E-state index < -0.39 is 17.9 Å². The van der Waals surface area contributed by atoms with E-state index in [-0.39, 0.29) is 18.2 Å². The van der Waals surface area contributed by atoms with Crippen molar-refractivity contribution in [3.8, 4) is 11.3 Å². The number of methoxy groups -OCH3 is 1. The number of carbonyl (C=O) groups excluding carboxylic acids is 2. The number of hydrogen-bond donors (Lipinski definition) is 0. The van der Waals surface area contributed by atoms with E-state index >= 15 is 0 Å². The summed E-state index contributed by atoms with van der Waals surface area (Å²) >= 11 is 0. The molecule has 0 fully saturated rings. The average molecular weight is 442 g/mol. The second kappa shape index (κ2) is 8.38. The fraction of sp³-hybridized carbons (Fsp3) is 0.200. The van der Waals surface area contributed by atoms with Gasteiger partial charge in [-0.05, 0) is 16.7 Å². The van der Waals surface area contributed by atoms with E-state index in [4.69, 9.17) is 9.26 Å². The average Bonchev–Trinajstić information content (AvgIpc) is 3.52. The molecule has 2 aromatic carbocycles. The quantitative estimate of drug-likeness (QED) is 0.449. The molecule has 0 spiro atoms. The normalized spacial score (nSPS) is 17.5. The molecule has 1 aliphatic heterocycles. The molecular formula is C25H22N4O4. The van der Waals surface area contributed by atoms with Crippen molar-refractivity contribution in [3.63, 3.8) is 0 Å². The maximum atomic E-state index is 13.6. The van der Waals surface area contributed by atoms with Crippen LogP contribution in [0.1, 0.15) is 39.1 Å². The van der Waals surface area contributed by atoms with Crippen molar-refractivity contribution in [2.24, 2.45) is 7.05 Å². The predicted molar refractivity (Wildman–Crippen MR) is 119 cm³/mol. The molecule has 4 aromatic rings. The van der Waals surface area contributed by atoms with Gasteiger partial charge >= 0.3 is 5.97 Å². The van der Waals surface area contributed by atoms with E-state index in [1.807, 2.05) is 67.8 Å². The Morgan fingerprint density at radius 2 is 1.79 bits per heavy atom. The molecule has 1 aliphatic rings. The van der Waals surface area contributed by atoms with Crippen molar-refractivity contribution in [1.29, 1.82) is 0 Å². The van der Waals surface area contributed by atoms with Crippen LogP contribution in [0.4, 0.5) is 0 Å². The molecule has 3 heterocycles. The largest absolute Gasteiger partial charge is 0.467 e. The van der Waals surface area contributed by atoms with E-state index in [1.165, 1.54) is 12.0 Å². The summed E-state index contributed by atoms with van der Waals surface area (Å²) in [6.07, 6.45) is 3.71. The predicted octanol–water partition coefficient (Wildman–Crippen LogP) is 3.58. The number of aromatic nitrogens is 3. The minimum Gasteiger partial charge on any atom is -0.467 e. The Bertz CT molecular complexity index is 1310. The molecule has 0 saturated carbocycles. The van der Waals surface area contributed by atoms with Crippen LogP contribution in [0, 0.1) is 0 Å². The summed E-state index contributed by atoms with van der Waals surface area (Å²) in [4.78, 5) is 28.0. The lowest BCUT2D eigenvalue weighted by molar-refractivity contribution is -0.146. The van der Waals surface area contributed by atoms with Crippen LogP contribution in [0.2, 0.25) is 0 Å². The molecule has 0 N–H and O–H groups in total. The first-order chi connectivity index (χ1) is 16.1. The standard InChI is InChI=1S/C25H22N4O4/c1-28-14-17(13-26-28)20-15-29(23(25(31)32-2)19-11-7-6-10-18(19)20)24(30)21-12-22(33-27-21)16-8-4-3-5-9-16/h3-14,20,23H,15H2,1-2H3. The van der Waals surface area contributed by atoms with Crippen LogP contribution in [-0.2, 0) is 16.6 Å². The molecular weight excluding hydrogens is 420 g/mol. The monoisotopic (exact) mass is 442 g/mol. The van der Waals surface area contributed by atoms with E-state index in [0.29, 0.717) is 5.76 Å². The lowest BCUT2D eigenvalue weighted by Crippen LogP contribution is -2.45. The SMILES string of the molecule is COC(=O)C1c2ccccc2C(c2cnn(C)c2)CN1C(=O)c1cc(-c2ccccc2)on1. The van der Waals surface area contributed by atoms with Crippen LogP contribution in [0.5, 0.6) is 0 Å². The Kier molecular flexibility index (Phi) is 5.26. The van der Waals surface area contributed by atoms with Gasteiger partial charge in [-0.15, -0.1) is 0 Å². The van der Waals surface area contributed by atoms with Gasteiger partial charge in [0.25, 0.3) is 5.91 Å². The molecule has 33 heavy (non-hydrogen) atoms. The van der Waals surface area contributed by atoms with Gasteiger partial charge in [-0.2, -0.15) is 5.10 Å². The topological polar surface area (TPSA) is 90.5 Å². The molecule has 0 radical (unpaired) electrons. The zero-order valence-corrected chi connectivity index (χ0v) is 18.2. The Balaban J connectivity index is 1.57. The molecule has 166 valence electrons. The molecule has 0 aliphatic carbocycles. The second-order valence-corrected chi connectivity index (χ2v) is 7.95. The maximum absolute atomic E-state index is 13.6. The van der Waals surface area contributed by atoms with Gasteiger partial charge in [0.05, 0.1) is 13.3 Å². The summed E-state index contributed by atoms with van der Waals surface area (Å²) in [6.45, 7) is 0.273. The number of fused-ring (bicyclic) bond motifs is 1. The van der Waals surface area contributed by atoms with Crippen LogP contribution >= 0.6 is 0 Å². The van der Waals surface area contributed by atoms with E-state index in [1.54, 1.807) is 16.9 Å². The molecule has 8 heteroatoms. The van der Waals surface area contributed by atoms with E-state index in [0.717, 1.165) is 22.3 Å². The van der Waals surface area contributed by atoms with Crippen molar-refractivity contribution in [2.45, 2.75) is 12.0 Å². The van der Waals surface area contributed by atoms with Gasteiger partial charge in [0, 0.05) is 37.3 Å². The number of esters is 1. The zero-order chi connectivity index (χ0) is 22.9. The van der Waals surface area contributed by atoms with Gasteiger partial charge in [0.2, 0.25) is 0 Å². The number of hydrogen-bond acceptors (Lipinski definition) is 6. The molecule has 0 saturated heterocycles. The third-order valence-corrected chi connectivity index (χ3v) is 5.96. The minimum atomic E-state index is -0.886. The lowest BCUT2D eigenvalue weighted by atomic mass is 9.82. The number of aryl methyl sites for hydroxylation is 1. The smallest absolute Gasteiger partial charge is 0.333 e. The van der Waals surface area contributed by atoms with Crippen LogP contribution in [0.25, 0.3) is 11.3 Å². The summed E-state index contributed by atoms with van der Waals surface area (Å²) < 4.78 is 12.3. The fourth-order valence-electron chi connectivity index (χ4n) is 4.38. The summed E-state index contributed by atoms with van der Waals surface area (Å²) in [5, 5.41) is 8.30. The molecule has 1 amide bonds. The number of carbonyl (C=O) groups is 2. The minimum absolute atomic E-state index is 0.132. The van der Waals surface area contributed by atoms with Crippen molar-refractivity contribution in [3.05, 3.63) is 95.4 Å². The summed E-state index contributed by atoms with van der Waals surface area (Å²) in [7, 11) is 3.17. The van der Waals surface area contributed by atoms with Crippen LogP contribution in [-0.4, -0.2) is 45.4 Å².